The molecule has 31 heavy (non-hydrogen) atoms. The number of hydrogen-bond acceptors (Lipinski definition) is 5. The summed E-state index contributed by atoms with van der Waals surface area (Å²) < 4.78 is 6.32. The minimum absolute atomic E-state index is 0.0751. The van der Waals surface area contributed by atoms with E-state index < -0.39 is 0 Å². The highest BCUT2D eigenvalue weighted by molar-refractivity contribution is 5.93. The third-order valence-corrected chi connectivity index (χ3v) is 6.31. The number of nitrogens with zero attached hydrogens (tertiary/aromatic N) is 4. The summed E-state index contributed by atoms with van der Waals surface area (Å²) in [6.07, 6.45) is 9.08. The third-order valence-electron chi connectivity index (χ3n) is 6.31. The van der Waals surface area contributed by atoms with Crippen LogP contribution in [0.4, 0.5) is 0 Å². The molecule has 0 aliphatic carbocycles. The van der Waals surface area contributed by atoms with Crippen molar-refractivity contribution in [2.75, 3.05) is 19.6 Å². The van der Waals surface area contributed by atoms with Gasteiger partial charge in [-0.3, -0.25) is 19.7 Å². The van der Waals surface area contributed by atoms with Gasteiger partial charge in [0.05, 0.1) is 11.6 Å². The lowest BCUT2D eigenvalue weighted by atomic mass is 9.87. The molecule has 0 radical (unpaired) electrons. The smallest absolute Gasteiger partial charge is 0.255 e. The maximum absolute atomic E-state index is 12.7. The van der Waals surface area contributed by atoms with E-state index in [9.17, 15) is 4.79 Å². The van der Waals surface area contributed by atoms with E-state index in [1.165, 1.54) is 5.56 Å². The topological polar surface area (TPSA) is 58.6 Å². The summed E-state index contributed by atoms with van der Waals surface area (Å²) in [7, 11) is 0. The second-order valence-electron chi connectivity index (χ2n) is 8.16. The van der Waals surface area contributed by atoms with Crippen molar-refractivity contribution in [3.63, 3.8) is 0 Å². The van der Waals surface area contributed by atoms with Crippen LogP contribution in [-0.4, -0.2) is 57.5 Å². The zero-order valence-electron chi connectivity index (χ0n) is 17.4. The van der Waals surface area contributed by atoms with Gasteiger partial charge in [-0.25, -0.2) is 0 Å². The summed E-state index contributed by atoms with van der Waals surface area (Å²) in [6.45, 7) is 2.42. The standard InChI is InChI=1S/C25H26N4O2/c30-25(20-5-4-12-27-17-20)28-15-10-21(11-16-28)29-18-23(31-22-6-2-1-3-7-22)24(29)19-8-13-26-14-9-19/h1-9,12-14,17,21,23-24H,10-11,15-16,18H2/t23-,24-/m0/s1. The van der Waals surface area contributed by atoms with Crippen molar-refractivity contribution < 1.29 is 9.53 Å². The number of aromatic nitrogens is 2. The van der Waals surface area contributed by atoms with Crippen LogP contribution < -0.4 is 4.74 Å². The summed E-state index contributed by atoms with van der Waals surface area (Å²) in [5.74, 6) is 0.981. The van der Waals surface area contributed by atoms with Gasteiger partial charge < -0.3 is 9.64 Å². The predicted octanol–water partition coefficient (Wildman–Crippen LogP) is 3.59. The maximum Gasteiger partial charge on any atom is 0.255 e. The Kier molecular flexibility index (Phi) is 5.63. The Balaban J connectivity index is 1.26. The molecule has 6 nitrogen and oxygen atoms in total. The van der Waals surface area contributed by atoms with E-state index in [-0.39, 0.29) is 18.1 Å². The first-order valence-corrected chi connectivity index (χ1v) is 10.9. The van der Waals surface area contributed by atoms with Crippen molar-refractivity contribution in [2.45, 2.75) is 31.0 Å². The molecule has 0 bridgehead atoms. The Labute approximate surface area is 182 Å². The van der Waals surface area contributed by atoms with Crippen LogP contribution in [0.5, 0.6) is 5.75 Å². The molecule has 0 N–H and O–H groups in total. The SMILES string of the molecule is O=C(c1cccnc1)N1CCC(N2C[C@H](Oc3ccccc3)[C@@H]2c2ccncc2)CC1. The molecule has 158 valence electrons. The molecular weight excluding hydrogens is 388 g/mol. The van der Waals surface area contributed by atoms with E-state index >= 15 is 0 Å². The number of ether oxygens (including phenoxy) is 1. The monoisotopic (exact) mass is 414 g/mol. The van der Waals surface area contributed by atoms with Crippen molar-refractivity contribution >= 4 is 5.91 Å². The molecule has 1 aromatic carbocycles. The number of para-hydroxylation sites is 1. The lowest BCUT2D eigenvalue weighted by Crippen LogP contribution is -2.61. The van der Waals surface area contributed by atoms with Crippen molar-refractivity contribution in [3.8, 4) is 5.75 Å². The van der Waals surface area contributed by atoms with Gasteiger partial charge >= 0.3 is 0 Å². The highest BCUT2D eigenvalue weighted by Gasteiger charge is 2.46. The molecule has 0 unspecified atom stereocenters. The van der Waals surface area contributed by atoms with Crippen LogP contribution in [0.25, 0.3) is 0 Å². The van der Waals surface area contributed by atoms with Gasteiger partial charge in [0, 0.05) is 50.5 Å². The minimum atomic E-state index is 0.0751. The second-order valence-corrected chi connectivity index (χ2v) is 8.16. The highest BCUT2D eigenvalue weighted by Crippen LogP contribution is 2.40. The maximum atomic E-state index is 12.7. The second kappa shape index (κ2) is 8.86. The van der Waals surface area contributed by atoms with E-state index in [0.717, 1.165) is 38.2 Å². The average molecular weight is 415 g/mol. The van der Waals surface area contributed by atoms with Crippen LogP contribution in [0, 0.1) is 0 Å². The van der Waals surface area contributed by atoms with Crippen LogP contribution >= 0.6 is 0 Å². The Hall–Kier alpha value is -3.25. The fraction of sp³-hybridized carbons (Fsp3) is 0.320. The number of hydrogen-bond donors (Lipinski definition) is 0. The Bertz CT molecular complexity index is 992. The average Bonchev–Trinajstić information content (AvgIpc) is 2.83. The molecule has 2 aromatic heterocycles. The molecule has 1 amide bonds. The number of piperidine rings is 1. The quantitative estimate of drug-likeness (QED) is 0.639. The van der Waals surface area contributed by atoms with Gasteiger partial charge in [-0.2, -0.15) is 0 Å². The summed E-state index contributed by atoms with van der Waals surface area (Å²) in [6, 6.07) is 18.5. The first-order chi connectivity index (χ1) is 15.3. The number of carbonyl (C=O) groups is 1. The Morgan fingerprint density at radius 2 is 1.68 bits per heavy atom. The largest absolute Gasteiger partial charge is 0.487 e. The van der Waals surface area contributed by atoms with Gasteiger partial charge in [0.2, 0.25) is 0 Å². The molecular formula is C25H26N4O2. The minimum Gasteiger partial charge on any atom is -0.487 e. The van der Waals surface area contributed by atoms with E-state index in [4.69, 9.17) is 4.74 Å². The van der Waals surface area contributed by atoms with Gasteiger partial charge in [-0.1, -0.05) is 18.2 Å². The normalized spacial score (nSPS) is 22.0. The number of likely N-dealkylation sites (tertiary alicyclic amines) is 2. The molecule has 2 fully saturated rings. The van der Waals surface area contributed by atoms with Crippen molar-refractivity contribution in [1.82, 2.24) is 19.8 Å². The number of carbonyl (C=O) groups excluding carboxylic acids is 1. The van der Waals surface area contributed by atoms with E-state index in [1.54, 1.807) is 12.4 Å². The van der Waals surface area contributed by atoms with Crippen molar-refractivity contribution in [3.05, 3.63) is 90.5 Å². The van der Waals surface area contributed by atoms with Crippen molar-refractivity contribution in [2.24, 2.45) is 0 Å². The number of benzene rings is 1. The van der Waals surface area contributed by atoms with E-state index in [1.807, 2.05) is 59.8 Å². The molecule has 2 atom stereocenters. The molecule has 3 aromatic rings. The lowest BCUT2D eigenvalue weighted by molar-refractivity contribution is -0.0842. The molecule has 0 spiro atoms. The van der Waals surface area contributed by atoms with Crippen molar-refractivity contribution in [1.29, 1.82) is 0 Å². The lowest BCUT2D eigenvalue weighted by Gasteiger charge is -2.53. The number of rotatable bonds is 5. The molecule has 6 heteroatoms. The zero-order valence-corrected chi connectivity index (χ0v) is 17.4. The van der Waals surface area contributed by atoms with Crippen LogP contribution in [-0.2, 0) is 0 Å². The molecule has 2 aliphatic heterocycles. The van der Waals surface area contributed by atoms with Gasteiger partial charge in [0.15, 0.2) is 0 Å². The number of pyridine rings is 2. The molecule has 4 heterocycles. The highest BCUT2D eigenvalue weighted by atomic mass is 16.5. The molecule has 5 rings (SSSR count). The molecule has 2 saturated heterocycles. The van der Waals surface area contributed by atoms with Crippen LogP contribution in [0.2, 0.25) is 0 Å². The predicted molar refractivity (Wildman–Crippen MR) is 118 cm³/mol. The first-order valence-electron chi connectivity index (χ1n) is 10.9. The fourth-order valence-corrected chi connectivity index (χ4v) is 4.69. The van der Waals surface area contributed by atoms with Crippen LogP contribution in [0.1, 0.15) is 34.8 Å². The van der Waals surface area contributed by atoms with Gasteiger partial charge in [-0.15, -0.1) is 0 Å². The van der Waals surface area contributed by atoms with E-state index in [2.05, 4.69) is 27.0 Å². The summed E-state index contributed by atoms with van der Waals surface area (Å²) in [4.78, 5) is 25.5. The molecule has 0 saturated carbocycles. The zero-order chi connectivity index (χ0) is 21.0. The summed E-state index contributed by atoms with van der Waals surface area (Å²) in [5.41, 5.74) is 1.90. The van der Waals surface area contributed by atoms with Crippen LogP contribution in [0.15, 0.2) is 79.4 Å². The van der Waals surface area contributed by atoms with Gasteiger partial charge in [0.25, 0.3) is 5.91 Å². The number of amides is 1. The first kappa shape index (κ1) is 19.7. The van der Waals surface area contributed by atoms with Gasteiger partial charge in [0.1, 0.15) is 11.9 Å². The third kappa shape index (κ3) is 4.16. The summed E-state index contributed by atoms with van der Waals surface area (Å²) in [5, 5.41) is 0. The Morgan fingerprint density at radius 1 is 0.903 bits per heavy atom. The fourth-order valence-electron chi connectivity index (χ4n) is 4.69. The Morgan fingerprint density at radius 3 is 2.39 bits per heavy atom. The summed E-state index contributed by atoms with van der Waals surface area (Å²) >= 11 is 0. The van der Waals surface area contributed by atoms with E-state index in [0.29, 0.717) is 11.6 Å². The van der Waals surface area contributed by atoms with Crippen LogP contribution in [0.3, 0.4) is 0 Å². The van der Waals surface area contributed by atoms with Gasteiger partial charge in [-0.05, 0) is 54.8 Å². The molecule has 2 aliphatic rings.